The number of ether oxygens (including phenoxy) is 1. The van der Waals surface area contributed by atoms with Crippen LogP contribution in [-0.2, 0) is 0 Å². The van der Waals surface area contributed by atoms with Crippen LogP contribution in [0.5, 0.6) is 5.88 Å². The van der Waals surface area contributed by atoms with Gasteiger partial charge >= 0.3 is 0 Å². The number of rotatable bonds is 4. The third-order valence-electron chi connectivity index (χ3n) is 5.03. The van der Waals surface area contributed by atoms with Crippen molar-refractivity contribution in [3.8, 4) is 5.88 Å². The molecule has 2 aliphatic heterocycles. The highest BCUT2D eigenvalue weighted by molar-refractivity contribution is 5.47. The lowest BCUT2D eigenvalue weighted by molar-refractivity contribution is 0.396. The van der Waals surface area contributed by atoms with Crippen molar-refractivity contribution in [2.75, 3.05) is 61.1 Å². The Morgan fingerprint density at radius 2 is 1.38 bits per heavy atom. The molecule has 0 aromatic carbocycles. The molecule has 2 aromatic heterocycles. The van der Waals surface area contributed by atoms with Crippen molar-refractivity contribution >= 4 is 17.6 Å². The fourth-order valence-electron chi connectivity index (χ4n) is 3.51. The van der Waals surface area contributed by atoms with Crippen LogP contribution >= 0.6 is 0 Å². The van der Waals surface area contributed by atoms with Crippen molar-refractivity contribution in [1.82, 2.24) is 20.2 Å². The van der Waals surface area contributed by atoms with E-state index in [1.165, 1.54) is 19.3 Å². The normalized spacial score (nSPS) is 18.1. The van der Waals surface area contributed by atoms with Crippen LogP contribution in [-0.4, -0.2) is 66.5 Å². The standard InChI is InChI=1S/C18H25N7O/c1-26-17-7-8-19-18(20-17)25-13-11-24(12-14-25)16-6-5-15(21-22-16)23-9-3-2-4-10-23/h5-8H,2-4,9-14H2,1H3. The third-order valence-corrected chi connectivity index (χ3v) is 5.03. The van der Waals surface area contributed by atoms with Gasteiger partial charge in [-0.2, -0.15) is 4.98 Å². The van der Waals surface area contributed by atoms with Crippen molar-refractivity contribution < 1.29 is 4.74 Å². The van der Waals surface area contributed by atoms with E-state index >= 15 is 0 Å². The minimum atomic E-state index is 0.594. The summed E-state index contributed by atoms with van der Waals surface area (Å²) in [5, 5.41) is 8.92. The third kappa shape index (κ3) is 3.63. The molecule has 2 aromatic rings. The summed E-state index contributed by atoms with van der Waals surface area (Å²) < 4.78 is 5.19. The van der Waals surface area contributed by atoms with Gasteiger partial charge in [0.05, 0.1) is 7.11 Å². The smallest absolute Gasteiger partial charge is 0.228 e. The minimum absolute atomic E-state index is 0.594. The SMILES string of the molecule is COc1ccnc(N2CCN(c3ccc(N4CCCCC4)nn3)CC2)n1. The van der Waals surface area contributed by atoms with Gasteiger partial charge in [-0.25, -0.2) is 4.98 Å². The molecule has 0 spiro atoms. The van der Waals surface area contributed by atoms with Crippen LogP contribution in [0.15, 0.2) is 24.4 Å². The summed E-state index contributed by atoms with van der Waals surface area (Å²) in [4.78, 5) is 15.5. The molecule has 2 aliphatic rings. The molecule has 0 amide bonds. The van der Waals surface area contributed by atoms with Gasteiger partial charge in [0.2, 0.25) is 11.8 Å². The first kappa shape index (κ1) is 16.8. The first-order chi connectivity index (χ1) is 12.8. The molecular formula is C18H25N7O. The van der Waals surface area contributed by atoms with Crippen LogP contribution in [0, 0.1) is 0 Å². The van der Waals surface area contributed by atoms with Gasteiger partial charge in [-0.05, 0) is 31.4 Å². The zero-order valence-corrected chi connectivity index (χ0v) is 15.2. The first-order valence-corrected chi connectivity index (χ1v) is 9.29. The molecule has 0 saturated carbocycles. The number of nitrogens with zero attached hydrogens (tertiary/aromatic N) is 7. The monoisotopic (exact) mass is 355 g/mol. The maximum Gasteiger partial charge on any atom is 0.228 e. The zero-order valence-electron chi connectivity index (χ0n) is 15.2. The predicted octanol–water partition coefficient (Wildman–Crippen LogP) is 1.59. The largest absolute Gasteiger partial charge is 0.481 e. The van der Waals surface area contributed by atoms with E-state index in [-0.39, 0.29) is 0 Å². The van der Waals surface area contributed by atoms with Crippen molar-refractivity contribution in [3.05, 3.63) is 24.4 Å². The molecule has 0 radical (unpaired) electrons. The van der Waals surface area contributed by atoms with Crippen LogP contribution in [0.25, 0.3) is 0 Å². The fraction of sp³-hybridized carbons (Fsp3) is 0.556. The molecule has 0 bridgehead atoms. The van der Waals surface area contributed by atoms with Crippen LogP contribution in [0.1, 0.15) is 19.3 Å². The van der Waals surface area contributed by atoms with Gasteiger partial charge in [-0.3, -0.25) is 0 Å². The minimum Gasteiger partial charge on any atom is -0.481 e. The Balaban J connectivity index is 1.36. The summed E-state index contributed by atoms with van der Waals surface area (Å²) in [5.41, 5.74) is 0. The summed E-state index contributed by atoms with van der Waals surface area (Å²) in [7, 11) is 1.62. The molecule has 8 nitrogen and oxygen atoms in total. The molecule has 2 fully saturated rings. The molecular weight excluding hydrogens is 330 g/mol. The fourth-order valence-corrected chi connectivity index (χ4v) is 3.51. The summed E-state index contributed by atoms with van der Waals surface area (Å²) >= 11 is 0. The Hall–Kier alpha value is -2.64. The first-order valence-electron chi connectivity index (χ1n) is 9.29. The Kier molecular flexibility index (Phi) is 4.99. The number of piperazine rings is 1. The number of piperidine rings is 1. The maximum absolute atomic E-state index is 5.19. The molecule has 8 heteroatoms. The van der Waals surface area contributed by atoms with Crippen molar-refractivity contribution in [1.29, 1.82) is 0 Å². The Bertz CT molecular complexity index is 710. The zero-order chi connectivity index (χ0) is 17.8. The van der Waals surface area contributed by atoms with Crippen molar-refractivity contribution in [2.45, 2.75) is 19.3 Å². The average molecular weight is 355 g/mol. The van der Waals surface area contributed by atoms with Crippen LogP contribution in [0.3, 0.4) is 0 Å². The topological polar surface area (TPSA) is 70.5 Å². The maximum atomic E-state index is 5.19. The lowest BCUT2D eigenvalue weighted by Gasteiger charge is -2.35. The predicted molar refractivity (Wildman–Crippen MR) is 101 cm³/mol. The van der Waals surface area contributed by atoms with Gasteiger partial charge in [0.1, 0.15) is 0 Å². The van der Waals surface area contributed by atoms with E-state index in [1.807, 2.05) is 0 Å². The second-order valence-electron chi connectivity index (χ2n) is 6.67. The Morgan fingerprint density at radius 1 is 0.769 bits per heavy atom. The van der Waals surface area contributed by atoms with Gasteiger partial charge < -0.3 is 19.4 Å². The van der Waals surface area contributed by atoms with E-state index in [4.69, 9.17) is 4.74 Å². The Morgan fingerprint density at radius 3 is 2.00 bits per heavy atom. The summed E-state index contributed by atoms with van der Waals surface area (Å²) in [5.74, 6) is 3.25. The van der Waals surface area contributed by atoms with E-state index < -0.39 is 0 Å². The molecule has 0 aliphatic carbocycles. The summed E-state index contributed by atoms with van der Waals surface area (Å²) in [6.45, 7) is 5.63. The highest BCUT2D eigenvalue weighted by Gasteiger charge is 2.21. The van der Waals surface area contributed by atoms with Gasteiger partial charge in [0.25, 0.3) is 0 Å². The van der Waals surface area contributed by atoms with E-state index in [0.29, 0.717) is 5.88 Å². The van der Waals surface area contributed by atoms with Gasteiger partial charge in [-0.1, -0.05) is 0 Å². The second kappa shape index (κ2) is 7.72. The lowest BCUT2D eigenvalue weighted by atomic mass is 10.1. The summed E-state index contributed by atoms with van der Waals surface area (Å²) in [6.07, 6.45) is 5.55. The molecule has 0 atom stereocenters. The van der Waals surface area contributed by atoms with Gasteiger partial charge in [-0.15, -0.1) is 10.2 Å². The van der Waals surface area contributed by atoms with Gasteiger partial charge in [0, 0.05) is 51.5 Å². The highest BCUT2D eigenvalue weighted by atomic mass is 16.5. The lowest BCUT2D eigenvalue weighted by Crippen LogP contribution is -2.47. The molecule has 4 heterocycles. The summed E-state index contributed by atoms with van der Waals surface area (Å²) in [6, 6.07) is 5.96. The van der Waals surface area contributed by atoms with Crippen LogP contribution in [0.2, 0.25) is 0 Å². The van der Waals surface area contributed by atoms with Crippen molar-refractivity contribution in [3.63, 3.8) is 0 Å². The quantitative estimate of drug-likeness (QED) is 0.819. The number of aromatic nitrogens is 4. The van der Waals surface area contributed by atoms with E-state index in [9.17, 15) is 0 Å². The number of hydrogen-bond acceptors (Lipinski definition) is 8. The molecule has 0 unspecified atom stereocenters. The number of hydrogen-bond donors (Lipinski definition) is 0. The van der Waals surface area contributed by atoms with Crippen LogP contribution in [0.4, 0.5) is 17.6 Å². The van der Waals surface area contributed by atoms with E-state index in [2.05, 4.69) is 47.0 Å². The Labute approximate surface area is 153 Å². The highest BCUT2D eigenvalue weighted by Crippen LogP contribution is 2.21. The molecule has 26 heavy (non-hydrogen) atoms. The number of methoxy groups -OCH3 is 1. The second-order valence-corrected chi connectivity index (χ2v) is 6.67. The average Bonchev–Trinajstić information content (AvgIpc) is 2.75. The van der Waals surface area contributed by atoms with Gasteiger partial charge in [0.15, 0.2) is 11.6 Å². The van der Waals surface area contributed by atoms with Crippen LogP contribution < -0.4 is 19.4 Å². The molecule has 0 N–H and O–H groups in total. The van der Waals surface area contributed by atoms with E-state index in [0.717, 1.165) is 56.9 Å². The molecule has 2 saturated heterocycles. The molecule has 4 rings (SSSR count). The molecule has 138 valence electrons. The number of anilines is 3. The van der Waals surface area contributed by atoms with Crippen molar-refractivity contribution in [2.24, 2.45) is 0 Å². The van der Waals surface area contributed by atoms with E-state index in [1.54, 1.807) is 19.4 Å².